The highest BCUT2D eigenvalue weighted by molar-refractivity contribution is 5.18. The standard InChI is InChI=1S/C17H21NO2/c19-13-16(11-14-7-3-1-4-8-14)18-12-17(20)15-9-5-2-6-10-15/h1-10,16-20H,11-13H2. The molecule has 2 aromatic rings. The van der Waals surface area contributed by atoms with Crippen LogP contribution in [-0.2, 0) is 6.42 Å². The Balaban J connectivity index is 1.85. The van der Waals surface area contributed by atoms with E-state index in [4.69, 9.17) is 0 Å². The van der Waals surface area contributed by atoms with Crippen LogP contribution in [0, 0.1) is 0 Å². The minimum absolute atomic E-state index is 0.0456. The van der Waals surface area contributed by atoms with Gasteiger partial charge in [-0.1, -0.05) is 60.7 Å². The molecule has 0 spiro atoms. The fourth-order valence-electron chi connectivity index (χ4n) is 2.17. The van der Waals surface area contributed by atoms with Gasteiger partial charge >= 0.3 is 0 Å². The molecule has 0 saturated carbocycles. The molecule has 2 unspecified atom stereocenters. The summed E-state index contributed by atoms with van der Waals surface area (Å²) in [6.07, 6.45) is 0.194. The smallest absolute Gasteiger partial charge is 0.0914 e. The number of aliphatic hydroxyl groups excluding tert-OH is 2. The first-order valence-corrected chi connectivity index (χ1v) is 6.90. The molecule has 2 atom stereocenters. The summed E-state index contributed by atoms with van der Waals surface area (Å²) in [5.74, 6) is 0. The number of rotatable bonds is 7. The van der Waals surface area contributed by atoms with Gasteiger partial charge in [0.15, 0.2) is 0 Å². The van der Waals surface area contributed by atoms with Crippen LogP contribution in [0.5, 0.6) is 0 Å². The van der Waals surface area contributed by atoms with Gasteiger partial charge in [0.05, 0.1) is 12.7 Å². The normalized spacial score (nSPS) is 13.9. The van der Waals surface area contributed by atoms with Gasteiger partial charge in [-0.2, -0.15) is 0 Å². The predicted molar refractivity (Wildman–Crippen MR) is 80.4 cm³/mol. The van der Waals surface area contributed by atoms with Crippen LogP contribution >= 0.6 is 0 Å². The summed E-state index contributed by atoms with van der Waals surface area (Å²) in [6, 6.07) is 19.5. The number of aliphatic hydroxyl groups is 2. The van der Waals surface area contributed by atoms with Crippen molar-refractivity contribution in [3.8, 4) is 0 Å². The molecule has 0 aliphatic heterocycles. The lowest BCUT2D eigenvalue weighted by Gasteiger charge is -2.19. The molecule has 0 heterocycles. The summed E-state index contributed by atoms with van der Waals surface area (Å²) < 4.78 is 0. The van der Waals surface area contributed by atoms with Crippen molar-refractivity contribution in [3.63, 3.8) is 0 Å². The van der Waals surface area contributed by atoms with Crippen LogP contribution in [0.4, 0.5) is 0 Å². The molecule has 20 heavy (non-hydrogen) atoms. The van der Waals surface area contributed by atoms with Gasteiger partial charge < -0.3 is 15.5 Å². The molecule has 106 valence electrons. The lowest BCUT2D eigenvalue weighted by molar-refractivity contribution is 0.158. The van der Waals surface area contributed by atoms with Gasteiger partial charge in [-0.3, -0.25) is 0 Å². The second-order valence-corrected chi connectivity index (χ2v) is 4.90. The van der Waals surface area contributed by atoms with E-state index in [1.165, 1.54) is 5.56 Å². The maximum Gasteiger partial charge on any atom is 0.0914 e. The molecular weight excluding hydrogens is 250 g/mol. The van der Waals surface area contributed by atoms with Gasteiger partial charge in [0.1, 0.15) is 0 Å². The van der Waals surface area contributed by atoms with Crippen LogP contribution in [0.3, 0.4) is 0 Å². The fraction of sp³-hybridized carbons (Fsp3) is 0.294. The summed E-state index contributed by atoms with van der Waals surface area (Å²) in [6.45, 7) is 0.485. The molecule has 0 aliphatic carbocycles. The second kappa shape index (κ2) is 7.80. The number of hydrogen-bond acceptors (Lipinski definition) is 3. The molecule has 2 rings (SSSR count). The average Bonchev–Trinajstić information content (AvgIpc) is 2.53. The Morgan fingerprint density at radius 1 is 0.900 bits per heavy atom. The molecule has 0 saturated heterocycles. The van der Waals surface area contributed by atoms with Gasteiger partial charge in [-0.05, 0) is 17.5 Å². The molecule has 0 radical (unpaired) electrons. The van der Waals surface area contributed by atoms with E-state index in [1.807, 2.05) is 60.7 Å². The zero-order valence-electron chi connectivity index (χ0n) is 11.4. The van der Waals surface area contributed by atoms with E-state index in [0.717, 1.165) is 12.0 Å². The zero-order valence-corrected chi connectivity index (χ0v) is 11.4. The molecule has 3 N–H and O–H groups in total. The predicted octanol–water partition coefficient (Wildman–Crippen LogP) is 1.91. The van der Waals surface area contributed by atoms with Crippen LogP contribution in [-0.4, -0.2) is 29.4 Å². The van der Waals surface area contributed by atoms with E-state index in [0.29, 0.717) is 6.54 Å². The van der Waals surface area contributed by atoms with Crippen molar-refractivity contribution in [2.75, 3.05) is 13.2 Å². The topological polar surface area (TPSA) is 52.5 Å². The molecule has 0 aliphatic rings. The van der Waals surface area contributed by atoms with Gasteiger partial charge in [-0.25, -0.2) is 0 Å². The van der Waals surface area contributed by atoms with Crippen LogP contribution in [0.2, 0.25) is 0 Å². The highest BCUT2D eigenvalue weighted by Gasteiger charge is 2.12. The van der Waals surface area contributed by atoms with Crippen molar-refractivity contribution >= 4 is 0 Å². The number of hydrogen-bond donors (Lipinski definition) is 3. The van der Waals surface area contributed by atoms with Crippen molar-refractivity contribution in [1.29, 1.82) is 0 Å². The Morgan fingerprint density at radius 2 is 1.50 bits per heavy atom. The van der Waals surface area contributed by atoms with Crippen molar-refractivity contribution < 1.29 is 10.2 Å². The Bertz CT molecular complexity index is 487. The zero-order chi connectivity index (χ0) is 14.2. The third-order valence-corrected chi connectivity index (χ3v) is 3.33. The Kier molecular flexibility index (Phi) is 5.74. The molecule has 0 aromatic heterocycles. The van der Waals surface area contributed by atoms with Gasteiger partial charge in [0, 0.05) is 12.6 Å². The quantitative estimate of drug-likeness (QED) is 0.721. The summed E-state index contributed by atoms with van der Waals surface area (Å²) in [7, 11) is 0. The third-order valence-electron chi connectivity index (χ3n) is 3.33. The first-order chi connectivity index (χ1) is 9.79. The summed E-state index contributed by atoms with van der Waals surface area (Å²) in [5.41, 5.74) is 2.06. The highest BCUT2D eigenvalue weighted by Crippen LogP contribution is 2.11. The van der Waals surface area contributed by atoms with E-state index in [2.05, 4.69) is 5.32 Å². The van der Waals surface area contributed by atoms with E-state index in [-0.39, 0.29) is 12.6 Å². The number of nitrogens with one attached hydrogen (secondary N) is 1. The first-order valence-electron chi connectivity index (χ1n) is 6.90. The minimum Gasteiger partial charge on any atom is -0.395 e. The summed E-state index contributed by atoms with van der Waals surface area (Å²) in [4.78, 5) is 0. The van der Waals surface area contributed by atoms with Gasteiger partial charge in [0.2, 0.25) is 0 Å². The highest BCUT2D eigenvalue weighted by atomic mass is 16.3. The summed E-state index contributed by atoms with van der Waals surface area (Å²) >= 11 is 0. The van der Waals surface area contributed by atoms with Crippen molar-refractivity contribution in [1.82, 2.24) is 5.32 Å². The van der Waals surface area contributed by atoms with Crippen LogP contribution in [0.25, 0.3) is 0 Å². The van der Waals surface area contributed by atoms with Gasteiger partial charge in [-0.15, -0.1) is 0 Å². The SMILES string of the molecule is OCC(Cc1ccccc1)NCC(O)c1ccccc1. The molecule has 2 aromatic carbocycles. The monoisotopic (exact) mass is 271 g/mol. The van der Waals surface area contributed by atoms with E-state index >= 15 is 0 Å². The molecule has 0 fully saturated rings. The molecule has 3 nitrogen and oxygen atoms in total. The van der Waals surface area contributed by atoms with Crippen LogP contribution in [0.15, 0.2) is 60.7 Å². The van der Waals surface area contributed by atoms with E-state index < -0.39 is 6.10 Å². The Morgan fingerprint density at radius 3 is 2.10 bits per heavy atom. The van der Waals surface area contributed by atoms with Crippen molar-refractivity contribution in [2.24, 2.45) is 0 Å². The van der Waals surface area contributed by atoms with Gasteiger partial charge in [0.25, 0.3) is 0 Å². The van der Waals surface area contributed by atoms with Crippen LogP contribution in [0.1, 0.15) is 17.2 Å². The Hall–Kier alpha value is -1.68. The fourth-order valence-corrected chi connectivity index (χ4v) is 2.17. The van der Waals surface area contributed by atoms with Crippen molar-refractivity contribution in [3.05, 3.63) is 71.8 Å². The largest absolute Gasteiger partial charge is 0.395 e. The van der Waals surface area contributed by atoms with Crippen molar-refractivity contribution in [2.45, 2.75) is 18.6 Å². The maximum atomic E-state index is 10.1. The summed E-state index contributed by atoms with van der Waals surface area (Å²) in [5, 5.41) is 22.7. The van der Waals surface area contributed by atoms with E-state index in [9.17, 15) is 10.2 Å². The average molecular weight is 271 g/mol. The molecular formula is C17H21NO2. The number of benzene rings is 2. The maximum absolute atomic E-state index is 10.1. The minimum atomic E-state index is -0.555. The molecule has 0 bridgehead atoms. The molecule has 0 amide bonds. The Labute approximate surface area is 119 Å². The van der Waals surface area contributed by atoms with E-state index in [1.54, 1.807) is 0 Å². The van der Waals surface area contributed by atoms with Crippen LogP contribution < -0.4 is 5.32 Å². The second-order valence-electron chi connectivity index (χ2n) is 4.90. The molecule has 3 heteroatoms. The first kappa shape index (κ1) is 14.7. The lowest BCUT2D eigenvalue weighted by Crippen LogP contribution is -2.37. The third kappa shape index (κ3) is 4.46. The lowest BCUT2D eigenvalue weighted by atomic mass is 10.1.